The predicted molar refractivity (Wildman–Crippen MR) is 107 cm³/mol. The fourth-order valence-electron chi connectivity index (χ4n) is 3.46. The van der Waals surface area contributed by atoms with Gasteiger partial charge in [0.25, 0.3) is 5.91 Å². The molecule has 1 fully saturated rings. The molecule has 0 spiro atoms. The lowest BCUT2D eigenvalue weighted by Crippen LogP contribution is -3.15. The van der Waals surface area contributed by atoms with Crippen LogP contribution in [-0.2, 0) is 11.3 Å². The van der Waals surface area contributed by atoms with Crippen LogP contribution < -0.4 is 15.1 Å². The van der Waals surface area contributed by atoms with E-state index in [2.05, 4.69) is 42.3 Å². The first-order chi connectivity index (χ1) is 12.5. The third kappa shape index (κ3) is 4.77. The summed E-state index contributed by atoms with van der Waals surface area (Å²) in [4.78, 5) is 16.0. The first kappa shape index (κ1) is 18.7. The Hall–Kier alpha value is -2.04. The Labute approximate surface area is 160 Å². The molecule has 5 heteroatoms. The van der Waals surface area contributed by atoms with Gasteiger partial charge in [-0.15, -0.1) is 0 Å². The Bertz CT molecular complexity index is 770. The molecule has 0 saturated carbocycles. The maximum atomic E-state index is 12.3. The van der Waals surface area contributed by atoms with E-state index in [1.165, 1.54) is 27.3 Å². The molecule has 2 aromatic rings. The zero-order chi connectivity index (χ0) is 18.5. The first-order valence-corrected chi connectivity index (χ1v) is 9.56. The van der Waals surface area contributed by atoms with Crippen molar-refractivity contribution >= 4 is 23.2 Å². The highest BCUT2D eigenvalue weighted by atomic mass is 35.5. The molecule has 0 aromatic heterocycles. The fourth-order valence-corrected chi connectivity index (χ4v) is 3.62. The van der Waals surface area contributed by atoms with Gasteiger partial charge in [-0.25, -0.2) is 0 Å². The fraction of sp³-hybridized carbons (Fsp3) is 0.381. The van der Waals surface area contributed by atoms with Gasteiger partial charge in [0.2, 0.25) is 0 Å². The minimum Gasteiger partial charge on any atom is -0.360 e. The summed E-state index contributed by atoms with van der Waals surface area (Å²) in [5, 5.41) is 3.83. The number of nitrogens with zero attached hydrogens (tertiary/aromatic N) is 1. The molecule has 1 aliphatic heterocycles. The van der Waals surface area contributed by atoms with Gasteiger partial charge in [-0.3, -0.25) is 4.79 Å². The van der Waals surface area contributed by atoms with E-state index in [0.717, 1.165) is 31.2 Å². The van der Waals surface area contributed by atoms with Crippen LogP contribution in [0.25, 0.3) is 0 Å². The summed E-state index contributed by atoms with van der Waals surface area (Å²) in [6.07, 6.45) is 0. The van der Waals surface area contributed by atoms with Gasteiger partial charge < -0.3 is 15.1 Å². The highest BCUT2D eigenvalue weighted by Gasteiger charge is 2.23. The Morgan fingerprint density at radius 3 is 2.58 bits per heavy atom. The second-order valence-electron chi connectivity index (χ2n) is 7.05. The average Bonchev–Trinajstić information content (AvgIpc) is 2.64. The largest absolute Gasteiger partial charge is 0.360 e. The quantitative estimate of drug-likeness (QED) is 0.842. The number of aryl methyl sites for hydroxylation is 2. The number of halogens is 1. The first-order valence-electron chi connectivity index (χ1n) is 9.19. The van der Waals surface area contributed by atoms with Crippen LogP contribution >= 0.6 is 11.6 Å². The highest BCUT2D eigenvalue weighted by molar-refractivity contribution is 6.30. The van der Waals surface area contributed by atoms with E-state index in [9.17, 15) is 4.79 Å². The average molecular weight is 373 g/mol. The molecule has 0 unspecified atom stereocenters. The van der Waals surface area contributed by atoms with Crippen molar-refractivity contribution < 1.29 is 9.69 Å². The van der Waals surface area contributed by atoms with Crippen molar-refractivity contribution in [2.45, 2.75) is 20.4 Å². The molecule has 1 saturated heterocycles. The second kappa shape index (κ2) is 8.56. The summed E-state index contributed by atoms with van der Waals surface area (Å²) in [6.45, 7) is 9.14. The zero-order valence-corrected chi connectivity index (χ0v) is 16.3. The zero-order valence-electron chi connectivity index (χ0n) is 15.5. The summed E-state index contributed by atoms with van der Waals surface area (Å²) in [5.74, 6) is 0.121. The molecule has 1 amide bonds. The number of benzene rings is 2. The number of carbonyl (C=O) groups excluding carboxylic acids is 1. The van der Waals surface area contributed by atoms with Gasteiger partial charge >= 0.3 is 0 Å². The lowest BCUT2D eigenvalue weighted by molar-refractivity contribution is -0.892. The molecule has 1 aliphatic rings. The molecule has 0 radical (unpaired) electrons. The number of quaternary nitrogens is 1. The van der Waals surface area contributed by atoms with Gasteiger partial charge in [0.1, 0.15) is 0 Å². The molecule has 2 aromatic carbocycles. The molecular formula is C21H27ClN3O+. The number of rotatable bonds is 5. The molecule has 0 aliphatic carbocycles. The van der Waals surface area contributed by atoms with Crippen LogP contribution in [0.1, 0.15) is 16.7 Å². The van der Waals surface area contributed by atoms with Crippen molar-refractivity contribution in [3.8, 4) is 0 Å². The van der Waals surface area contributed by atoms with Gasteiger partial charge in [-0.2, -0.15) is 0 Å². The molecule has 138 valence electrons. The monoisotopic (exact) mass is 372 g/mol. The molecule has 2 N–H and O–H groups in total. The van der Waals surface area contributed by atoms with E-state index in [1.807, 2.05) is 24.3 Å². The minimum atomic E-state index is 0.121. The second-order valence-corrected chi connectivity index (χ2v) is 7.48. The number of piperazine rings is 1. The lowest BCUT2D eigenvalue weighted by atomic mass is 10.1. The number of amides is 1. The van der Waals surface area contributed by atoms with Crippen LogP contribution in [0.4, 0.5) is 5.69 Å². The van der Waals surface area contributed by atoms with Gasteiger partial charge in [-0.05, 0) is 42.7 Å². The van der Waals surface area contributed by atoms with Crippen LogP contribution in [0.5, 0.6) is 0 Å². The van der Waals surface area contributed by atoms with Crippen molar-refractivity contribution in [2.75, 3.05) is 37.6 Å². The standard InChI is InChI=1S/C21H26ClN3O/c1-16-5-3-4-6-18(16)14-23-21(26)15-24-9-11-25(12-10-24)20-13-19(22)8-7-17(20)2/h3-8,13H,9-12,14-15H2,1-2H3,(H,23,26)/p+1. The topological polar surface area (TPSA) is 36.8 Å². The van der Waals surface area contributed by atoms with Gasteiger partial charge in [0.15, 0.2) is 6.54 Å². The van der Waals surface area contributed by atoms with Crippen LogP contribution in [0.3, 0.4) is 0 Å². The van der Waals surface area contributed by atoms with Crippen molar-refractivity contribution in [1.82, 2.24) is 5.32 Å². The van der Waals surface area contributed by atoms with Crippen LogP contribution in [-0.4, -0.2) is 38.6 Å². The molecule has 3 rings (SSSR count). The third-order valence-corrected chi connectivity index (χ3v) is 5.37. The summed E-state index contributed by atoms with van der Waals surface area (Å²) in [7, 11) is 0. The Morgan fingerprint density at radius 2 is 1.85 bits per heavy atom. The summed E-state index contributed by atoms with van der Waals surface area (Å²) in [6, 6.07) is 14.2. The van der Waals surface area contributed by atoms with E-state index >= 15 is 0 Å². The van der Waals surface area contributed by atoms with E-state index in [4.69, 9.17) is 11.6 Å². The molecule has 1 heterocycles. The van der Waals surface area contributed by atoms with Gasteiger partial charge in [0, 0.05) is 17.3 Å². The van der Waals surface area contributed by atoms with E-state index in [0.29, 0.717) is 13.1 Å². The number of nitrogens with one attached hydrogen (secondary N) is 2. The molecule has 0 atom stereocenters. The molecule has 26 heavy (non-hydrogen) atoms. The van der Waals surface area contributed by atoms with Crippen molar-refractivity contribution in [3.05, 3.63) is 64.2 Å². The Kier molecular flexibility index (Phi) is 6.17. The lowest BCUT2D eigenvalue weighted by Gasteiger charge is -2.34. The Morgan fingerprint density at radius 1 is 1.12 bits per heavy atom. The highest BCUT2D eigenvalue weighted by Crippen LogP contribution is 2.24. The normalized spacial score (nSPS) is 15.1. The third-order valence-electron chi connectivity index (χ3n) is 5.13. The molecular weight excluding hydrogens is 346 g/mol. The van der Waals surface area contributed by atoms with Crippen LogP contribution in [0.2, 0.25) is 5.02 Å². The van der Waals surface area contributed by atoms with Crippen LogP contribution in [0, 0.1) is 13.8 Å². The van der Waals surface area contributed by atoms with E-state index in [1.54, 1.807) is 0 Å². The SMILES string of the molecule is Cc1ccccc1CNC(=O)C[NH+]1CCN(c2cc(Cl)ccc2C)CC1. The summed E-state index contributed by atoms with van der Waals surface area (Å²) >= 11 is 6.15. The summed E-state index contributed by atoms with van der Waals surface area (Å²) < 4.78 is 0. The van der Waals surface area contributed by atoms with Gasteiger partial charge in [0.05, 0.1) is 26.2 Å². The number of carbonyl (C=O) groups is 1. The van der Waals surface area contributed by atoms with Gasteiger partial charge in [-0.1, -0.05) is 41.9 Å². The van der Waals surface area contributed by atoms with Crippen LogP contribution in [0.15, 0.2) is 42.5 Å². The number of hydrogen-bond acceptors (Lipinski definition) is 2. The smallest absolute Gasteiger partial charge is 0.275 e. The van der Waals surface area contributed by atoms with Crippen molar-refractivity contribution in [1.29, 1.82) is 0 Å². The Balaban J connectivity index is 1.47. The summed E-state index contributed by atoms with van der Waals surface area (Å²) in [5.41, 5.74) is 4.84. The maximum Gasteiger partial charge on any atom is 0.275 e. The number of anilines is 1. The predicted octanol–water partition coefficient (Wildman–Crippen LogP) is 1.98. The van der Waals surface area contributed by atoms with Crippen molar-refractivity contribution in [3.63, 3.8) is 0 Å². The maximum absolute atomic E-state index is 12.3. The number of hydrogen-bond donors (Lipinski definition) is 2. The van der Waals surface area contributed by atoms with E-state index in [-0.39, 0.29) is 5.91 Å². The molecule has 4 nitrogen and oxygen atoms in total. The van der Waals surface area contributed by atoms with Crippen molar-refractivity contribution in [2.24, 2.45) is 0 Å². The minimum absolute atomic E-state index is 0.121. The van der Waals surface area contributed by atoms with E-state index < -0.39 is 0 Å². The molecule has 0 bridgehead atoms.